The van der Waals surface area contributed by atoms with Gasteiger partial charge in [-0.2, -0.15) is 0 Å². The van der Waals surface area contributed by atoms with Crippen molar-refractivity contribution in [1.29, 1.82) is 0 Å². The van der Waals surface area contributed by atoms with Crippen LogP contribution in [0.15, 0.2) is 0 Å². The van der Waals surface area contributed by atoms with E-state index in [2.05, 4.69) is 12.2 Å². The van der Waals surface area contributed by atoms with Crippen LogP contribution >= 0.6 is 19.6 Å². The zero-order valence-corrected chi connectivity index (χ0v) is 6.72. The first-order valence-electron chi connectivity index (χ1n) is 1.20. The van der Waals surface area contributed by atoms with Crippen LogP contribution in [-0.4, -0.2) is 22.6 Å². The predicted molar refractivity (Wildman–Crippen MR) is 36.3 cm³/mol. The molecule has 0 spiro atoms. The van der Waals surface area contributed by atoms with Crippen molar-refractivity contribution in [2.24, 2.45) is 0 Å². The van der Waals surface area contributed by atoms with Gasteiger partial charge in [-0.25, -0.2) is 0 Å². The molecular weight excluding hydrogens is 114 g/mol. The van der Waals surface area contributed by atoms with Gasteiger partial charge in [0.1, 0.15) is 7.57 Å². The Morgan fingerprint density at radius 3 is 2.20 bits per heavy atom. The Morgan fingerprint density at radius 2 is 2.20 bits per heavy atom. The van der Waals surface area contributed by atoms with Crippen LogP contribution in [0.5, 0.6) is 0 Å². The number of hydrogen-bond donors (Lipinski definition) is 0. The van der Waals surface area contributed by atoms with Gasteiger partial charge in [0, 0.05) is 9.91 Å². The molecule has 0 aliphatic heterocycles. The topological polar surface area (TPSA) is 0 Å². The molecule has 2 radical (unpaired) electrons. The molecule has 0 aromatic heterocycles. The summed E-state index contributed by atoms with van der Waals surface area (Å²) < 4.78 is 0. The lowest BCUT2D eigenvalue weighted by Gasteiger charge is -1.84. The predicted octanol–water partition coefficient (Wildman–Crippen LogP) is -0.211. The molecule has 0 aliphatic rings. The minimum Gasteiger partial charge on any atom is -0.143 e. The van der Waals surface area contributed by atoms with E-state index in [9.17, 15) is 0 Å². The monoisotopic (exact) mass is 118 g/mol. The van der Waals surface area contributed by atoms with Crippen molar-refractivity contribution in [1.82, 2.24) is 0 Å². The van der Waals surface area contributed by atoms with Crippen molar-refractivity contribution in [3.63, 3.8) is 0 Å². The molecular formula is CH4BPSSi. The molecule has 0 amide bonds. The maximum absolute atomic E-state index is 5.26. The standard InChI is InChI=1S/CH4BPSSi/c2-3(5)1-4/h1H,5H3. The van der Waals surface area contributed by atoms with Crippen molar-refractivity contribution in [3.8, 4) is 0 Å². The SMILES string of the molecule is [B]P([SiH3])C=S. The first kappa shape index (κ1) is 5.80. The Kier molecular flexibility index (Phi) is 3.49. The second-order valence-electron chi connectivity index (χ2n) is 0.771. The number of thiocarbonyl (C=S) groups is 1. The van der Waals surface area contributed by atoms with E-state index in [4.69, 9.17) is 7.57 Å². The molecule has 0 heterocycles. The van der Waals surface area contributed by atoms with E-state index in [1.165, 1.54) is 0 Å². The summed E-state index contributed by atoms with van der Waals surface area (Å²) in [5.41, 5.74) is 0. The summed E-state index contributed by atoms with van der Waals surface area (Å²) in [6.45, 7) is 0. The molecule has 0 rings (SSSR count). The van der Waals surface area contributed by atoms with Gasteiger partial charge in [-0.1, -0.05) is 12.2 Å². The van der Waals surface area contributed by atoms with E-state index in [1.807, 2.05) is 0 Å². The van der Waals surface area contributed by atoms with Gasteiger partial charge in [0.2, 0.25) is 0 Å². The van der Waals surface area contributed by atoms with Gasteiger partial charge >= 0.3 is 0 Å². The van der Waals surface area contributed by atoms with Gasteiger partial charge in [0.25, 0.3) is 0 Å². The van der Waals surface area contributed by atoms with Crippen LogP contribution in [0.3, 0.4) is 0 Å². The molecule has 0 aromatic rings. The summed E-state index contributed by atoms with van der Waals surface area (Å²) in [6.07, 6.45) is 0. The van der Waals surface area contributed by atoms with Gasteiger partial charge < -0.3 is 0 Å². The van der Waals surface area contributed by atoms with Crippen LogP contribution in [0.1, 0.15) is 0 Å². The summed E-state index contributed by atoms with van der Waals surface area (Å²) in [5, 5.41) is 1.65. The van der Waals surface area contributed by atoms with Crippen molar-refractivity contribution in [2.75, 3.05) is 0 Å². The van der Waals surface area contributed by atoms with Crippen LogP contribution in [0.4, 0.5) is 0 Å². The Hall–Kier alpha value is 0.802. The van der Waals surface area contributed by atoms with Crippen molar-refractivity contribution in [2.45, 2.75) is 0 Å². The first-order chi connectivity index (χ1) is 2.27. The molecule has 0 saturated carbocycles. The highest BCUT2D eigenvalue weighted by atomic mass is 32.1. The highest BCUT2D eigenvalue weighted by Gasteiger charge is 1.74. The lowest BCUT2D eigenvalue weighted by Crippen LogP contribution is -1.63. The molecule has 5 heavy (non-hydrogen) atoms. The third-order valence-corrected chi connectivity index (χ3v) is 3.39. The van der Waals surface area contributed by atoms with Crippen LogP contribution in [-0.2, 0) is 0 Å². The fourth-order valence-corrected chi connectivity index (χ4v) is 0. The molecule has 0 bridgehead atoms. The molecule has 4 heteroatoms. The van der Waals surface area contributed by atoms with Gasteiger partial charge in [-0.15, -0.1) is 7.35 Å². The normalized spacial score (nSPS) is 14.4. The van der Waals surface area contributed by atoms with Gasteiger partial charge in [-0.3, -0.25) is 0 Å². The molecule has 26 valence electrons. The molecule has 1 unspecified atom stereocenters. The van der Waals surface area contributed by atoms with E-state index in [-0.39, 0.29) is 7.35 Å². The van der Waals surface area contributed by atoms with Crippen molar-refractivity contribution in [3.05, 3.63) is 0 Å². The molecule has 0 N–H and O–H groups in total. The maximum atomic E-state index is 5.26. The van der Waals surface area contributed by atoms with Gasteiger partial charge in [0.05, 0.1) is 0 Å². The number of rotatable bonds is 1. The molecule has 1 atom stereocenters. The third-order valence-electron chi connectivity index (χ3n) is 0.166. The summed E-state index contributed by atoms with van der Waals surface area (Å²) in [4.78, 5) is 0. The summed E-state index contributed by atoms with van der Waals surface area (Å²) in [6, 6.07) is 0. The van der Waals surface area contributed by atoms with Gasteiger partial charge in [-0.05, 0) is 5.11 Å². The molecule has 0 nitrogen and oxygen atoms in total. The highest BCUT2D eigenvalue weighted by molar-refractivity contribution is 8.18. The lowest BCUT2D eigenvalue weighted by molar-refractivity contribution is 4.18. The quantitative estimate of drug-likeness (QED) is 0.261. The van der Waals surface area contributed by atoms with Gasteiger partial charge in [0.15, 0.2) is 0 Å². The van der Waals surface area contributed by atoms with E-state index in [1.54, 1.807) is 5.11 Å². The molecule has 0 aromatic carbocycles. The zero-order chi connectivity index (χ0) is 4.28. The number of hydrogen-bond acceptors (Lipinski definition) is 1. The van der Waals surface area contributed by atoms with Crippen molar-refractivity contribution >= 4 is 42.2 Å². The average Bonchev–Trinajstić information content (AvgIpc) is 1.38. The van der Waals surface area contributed by atoms with E-state index in [0.29, 0.717) is 0 Å². The van der Waals surface area contributed by atoms with E-state index >= 15 is 0 Å². The van der Waals surface area contributed by atoms with Crippen LogP contribution in [0, 0.1) is 0 Å². The second-order valence-corrected chi connectivity index (χ2v) is 6.04. The van der Waals surface area contributed by atoms with Crippen LogP contribution in [0.25, 0.3) is 0 Å². The molecule has 0 aliphatic carbocycles. The summed E-state index contributed by atoms with van der Waals surface area (Å²) in [5.74, 6) is 0. The Bertz CT molecular complexity index is 38.6. The summed E-state index contributed by atoms with van der Waals surface area (Å²) >= 11 is 4.49. The minimum absolute atomic E-state index is 0.270. The fraction of sp³-hybridized carbons (Fsp3) is 0. The average molecular weight is 118 g/mol. The van der Waals surface area contributed by atoms with Crippen molar-refractivity contribution < 1.29 is 0 Å². The van der Waals surface area contributed by atoms with E-state index < -0.39 is 0 Å². The van der Waals surface area contributed by atoms with Crippen LogP contribution < -0.4 is 0 Å². The Labute approximate surface area is 42.7 Å². The Balaban J connectivity index is 2.83. The lowest BCUT2D eigenvalue weighted by atomic mass is 10.8. The zero-order valence-electron chi connectivity index (χ0n) is 3.01. The highest BCUT2D eigenvalue weighted by Crippen LogP contribution is 2.14. The fourth-order valence-electron chi connectivity index (χ4n) is 0. The second kappa shape index (κ2) is 3.01. The summed E-state index contributed by atoms with van der Waals surface area (Å²) in [7, 11) is 6.04. The molecule has 0 fully saturated rings. The Morgan fingerprint density at radius 1 is 2.00 bits per heavy atom. The minimum atomic E-state index is -0.270. The largest absolute Gasteiger partial charge is 0.143 e. The third kappa shape index (κ3) is 4.80. The van der Waals surface area contributed by atoms with Crippen LogP contribution in [0.2, 0.25) is 0 Å². The first-order valence-corrected chi connectivity index (χ1v) is 6.28. The molecule has 0 saturated heterocycles. The maximum Gasteiger partial charge on any atom is 0.109 e. The smallest absolute Gasteiger partial charge is 0.109 e. The van der Waals surface area contributed by atoms with E-state index in [0.717, 1.165) is 9.91 Å².